The summed E-state index contributed by atoms with van der Waals surface area (Å²) in [6, 6.07) is -0.128. The van der Waals surface area contributed by atoms with Crippen LogP contribution in [0.25, 0.3) is 0 Å². The van der Waals surface area contributed by atoms with Crippen LogP contribution in [-0.4, -0.2) is 34.9 Å². The minimum atomic E-state index is -3.67. The van der Waals surface area contributed by atoms with Gasteiger partial charge < -0.3 is 5.32 Å². The summed E-state index contributed by atoms with van der Waals surface area (Å²) in [7, 11) is -3.67. The average molecular weight is 312 g/mol. The lowest BCUT2D eigenvalue weighted by molar-refractivity contribution is 0.554. The van der Waals surface area contributed by atoms with Gasteiger partial charge in [-0.1, -0.05) is 13.8 Å². The summed E-state index contributed by atoms with van der Waals surface area (Å²) < 4.78 is 27.4. The molecule has 0 spiro atoms. The van der Waals surface area contributed by atoms with E-state index >= 15 is 0 Å². The average Bonchev–Trinajstić information content (AvgIpc) is 3.07. The maximum atomic E-state index is 12.4. The number of nitrogens with zero attached hydrogens (tertiary/aromatic N) is 2. The van der Waals surface area contributed by atoms with Gasteiger partial charge in [0.1, 0.15) is 0 Å². The van der Waals surface area contributed by atoms with Crippen LogP contribution in [-0.2, 0) is 16.6 Å². The fraction of sp³-hybridized carbons (Fsp3) is 0.500. The number of sulfonamides is 1. The highest BCUT2D eigenvalue weighted by atomic mass is 32.2. The summed E-state index contributed by atoms with van der Waals surface area (Å²) in [5, 5.41) is 16.1. The Morgan fingerprint density at radius 3 is 2.62 bits per heavy atom. The molecule has 0 aliphatic heterocycles. The molecule has 0 aliphatic rings. The van der Waals surface area contributed by atoms with Gasteiger partial charge >= 0.3 is 0 Å². The molecule has 0 bridgehead atoms. The standard InChI is InChI=1S/C12H20N6O2S/c1-8(2)13-4-11-7-16-17-12(11)21(19,20)18-9(3)10-5-14-15-6-10/h5-9,13,18H,4H2,1-3H3,(H,14,15)(H,16,17). The third-order valence-electron chi connectivity index (χ3n) is 3.00. The zero-order valence-corrected chi connectivity index (χ0v) is 13.0. The predicted octanol–water partition coefficient (Wildman–Crippen LogP) is 0.670. The molecular formula is C12H20N6O2S. The van der Waals surface area contributed by atoms with E-state index in [0.29, 0.717) is 12.1 Å². The Bertz CT molecular complexity index is 662. The number of hydrogen-bond acceptors (Lipinski definition) is 5. The number of H-pyrrole nitrogens is 2. The van der Waals surface area contributed by atoms with Crippen molar-refractivity contribution in [1.82, 2.24) is 30.4 Å². The molecule has 0 aliphatic carbocycles. The number of hydrogen-bond donors (Lipinski definition) is 4. The summed E-state index contributed by atoms with van der Waals surface area (Å²) in [5.74, 6) is 0. The molecule has 2 rings (SSSR count). The molecule has 116 valence electrons. The lowest BCUT2D eigenvalue weighted by Gasteiger charge is -2.13. The molecule has 0 amide bonds. The molecule has 21 heavy (non-hydrogen) atoms. The Balaban J connectivity index is 2.14. The molecule has 1 atom stereocenters. The van der Waals surface area contributed by atoms with Gasteiger partial charge in [-0.25, -0.2) is 13.1 Å². The van der Waals surface area contributed by atoms with Crippen LogP contribution in [0.15, 0.2) is 23.6 Å². The Labute approximate surface area is 123 Å². The topological polar surface area (TPSA) is 116 Å². The minimum Gasteiger partial charge on any atom is -0.310 e. The van der Waals surface area contributed by atoms with Gasteiger partial charge in [0, 0.05) is 36.0 Å². The Morgan fingerprint density at radius 2 is 2.00 bits per heavy atom. The summed E-state index contributed by atoms with van der Waals surface area (Å²) >= 11 is 0. The van der Waals surface area contributed by atoms with Crippen molar-refractivity contribution in [2.75, 3.05) is 0 Å². The second-order valence-electron chi connectivity index (χ2n) is 5.13. The fourth-order valence-electron chi connectivity index (χ4n) is 1.83. The van der Waals surface area contributed by atoms with Gasteiger partial charge in [-0.15, -0.1) is 0 Å². The van der Waals surface area contributed by atoms with Crippen LogP contribution in [0.3, 0.4) is 0 Å². The van der Waals surface area contributed by atoms with Crippen LogP contribution in [0.2, 0.25) is 0 Å². The molecule has 2 aromatic rings. The van der Waals surface area contributed by atoms with E-state index in [9.17, 15) is 8.42 Å². The second kappa shape index (κ2) is 6.37. The molecule has 0 radical (unpaired) electrons. The summed E-state index contributed by atoms with van der Waals surface area (Å²) in [5.41, 5.74) is 1.37. The van der Waals surface area contributed by atoms with E-state index in [0.717, 1.165) is 5.56 Å². The number of nitrogens with one attached hydrogen (secondary N) is 4. The van der Waals surface area contributed by atoms with Gasteiger partial charge in [0.25, 0.3) is 10.0 Å². The number of aromatic nitrogens is 4. The molecule has 1 unspecified atom stereocenters. The summed E-state index contributed by atoms with van der Waals surface area (Å²) in [6.45, 7) is 6.18. The van der Waals surface area contributed by atoms with Crippen molar-refractivity contribution >= 4 is 10.0 Å². The molecular weight excluding hydrogens is 292 g/mol. The van der Waals surface area contributed by atoms with E-state index in [4.69, 9.17) is 0 Å². The molecule has 0 saturated heterocycles. The van der Waals surface area contributed by atoms with Crippen LogP contribution >= 0.6 is 0 Å². The normalized spacial score (nSPS) is 13.7. The predicted molar refractivity (Wildman–Crippen MR) is 77.9 cm³/mol. The molecule has 4 N–H and O–H groups in total. The van der Waals surface area contributed by atoms with Gasteiger partial charge in [0.15, 0.2) is 5.03 Å². The van der Waals surface area contributed by atoms with Gasteiger partial charge in [0.2, 0.25) is 0 Å². The smallest absolute Gasteiger partial charge is 0.258 e. The molecule has 2 aromatic heterocycles. The Morgan fingerprint density at radius 1 is 1.24 bits per heavy atom. The maximum absolute atomic E-state index is 12.4. The van der Waals surface area contributed by atoms with Crippen LogP contribution in [0.5, 0.6) is 0 Å². The minimum absolute atomic E-state index is 0.0889. The first-order valence-electron chi connectivity index (χ1n) is 6.67. The van der Waals surface area contributed by atoms with Crippen molar-refractivity contribution in [1.29, 1.82) is 0 Å². The van der Waals surface area contributed by atoms with E-state index in [1.807, 2.05) is 13.8 Å². The van der Waals surface area contributed by atoms with Crippen molar-refractivity contribution in [3.8, 4) is 0 Å². The van der Waals surface area contributed by atoms with Crippen LogP contribution in [0.4, 0.5) is 0 Å². The molecule has 0 fully saturated rings. The molecule has 0 saturated carbocycles. The number of rotatable bonds is 7. The van der Waals surface area contributed by atoms with Crippen LogP contribution in [0, 0.1) is 0 Å². The lowest BCUT2D eigenvalue weighted by atomic mass is 10.2. The second-order valence-corrected chi connectivity index (χ2v) is 6.79. The third-order valence-corrected chi connectivity index (χ3v) is 4.55. The summed E-state index contributed by atoms with van der Waals surface area (Å²) in [4.78, 5) is 0. The summed E-state index contributed by atoms with van der Waals surface area (Å²) in [6.07, 6.45) is 4.76. The molecule has 2 heterocycles. The van der Waals surface area contributed by atoms with Crippen molar-refractivity contribution in [2.24, 2.45) is 0 Å². The van der Waals surface area contributed by atoms with Crippen molar-refractivity contribution in [3.63, 3.8) is 0 Å². The van der Waals surface area contributed by atoms with E-state index in [1.165, 1.54) is 6.20 Å². The van der Waals surface area contributed by atoms with Crippen molar-refractivity contribution < 1.29 is 8.42 Å². The van der Waals surface area contributed by atoms with Gasteiger partial charge in [-0.3, -0.25) is 10.2 Å². The lowest BCUT2D eigenvalue weighted by Crippen LogP contribution is -2.29. The first-order chi connectivity index (χ1) is 9.90. The fourth-order valence-corrected chi connectivity index (χ4v) is 3.19. The highest BCUT2D eigenvalue weighted by Crippen LogP contribution is 2.17. The third kappa shape index (κ3) is 3.90. The van der Waals surface area contributed by atoms with Crippen molar-refractivity contribution in [3.05, 3.63) is 29.7 Å². The maximum Gasteiger partial charge on any atom is 0.258 e. The van der Waals surface area contributed by atoms with Gasteiger partial charge in [-0.05, 0) is 6.92 Å². The SMILES string of the molecule is CC(C)NCc1cn[nH]c1S(=O)(=O)NC(C)c1cn[nH]c1. The van der Waals surface area contributed by atoms with E-state index < -0.39 is 10.0 Å². The van der Waals surface area contributed by atoms with Crippen molar-refractivity contribution in [2.45, 2.75) is 44.4 Å². The Hall–Kier alpha value is -1.71. The first kappa shape index (κ1) is 15.7. The van der Waals surface area contributed by atoms with E-state index in [1.54, 1.807) is 19.3 Å². The van der Waals surface area contributed by atoms with Gasteiger partial charge in [0.05, 0.1) is 12.4 Å². The molecule has 9 heteroatoms. The van der Waals surface area contributed by atoms with Crippen LogP contribution in [0.1, 0.15) is 37.9 Å². The zero-order chi connectivity index (χ0) is 15.5. The largest absolute Gasteiger partial charge is 0.310 e. The highest BCUT2D eigenvalue weighted by molar-refractivity contribution is 7.89. The highest BCUT2D eigenvalue weighted by Gasteiger charge is 2.23. The van der Waals surface area contributed by atoms with E-state index in [2.05, 4.69) is 30.4 Å². The van der Waals surface area contributed by atoms with Crippen LogP contribution < -0.4 is 10.0 Å². The molecule has 0 aromatic carbocycles. The molecule has 8 nitrogen and oxygen atoms in total. The number of aromatic amines is 2. The zero-order valence-electron chi connectivity index (χ0n) is 12.2. The van der Waals surface area contributed by atoms with E-state index in [-0.39, 0.29) is 17.1 Å². The monoisotopic (exact) mass is 312 g/mol. The first-order valence-corrected chi connectivity index (χ1v) is 8.15. The Kier molecular flexibility index (Phi) is 4.76. The quantitative estimate of drug-likeness (QED) is 0.600. The van der Waals surface area contributed by atoms with Gasteiger partial charge in [-0.2, -0.15) is 10.2 Å².